The van der Waals surface area contributed by atoms with Gasteiger partial charge in [0.1, 0.15) is 0 Å². The van der Waals surface area contributed by atoms with Gasteiger partial charge in [0.15, 0.2) is 11.5 Å². The molecule has 90 valence electrons. The van der Waals surface area contributed by atoms with Crippen molar-refractivity contribution in [2.45, 2.75) is 18.9 Å². The normalized spacial score (nSPS) is 12.2. The number of hydrogen-bond donors (Lipinski definition) is 2. The molecule has 0 aromatic heterocycles. The first kappa shape index (κ1) is 12.8. The molecule has 16 heavy (non-hydrogen) atoms. The molecule has 1 atom stereocenters. The topological polar surface area (TPSA) is 58.9 Å². The summed E-state index contributed by atoms with van der Waals surface area (Å²) in [6.45, 7) is -0.201. The van der Waals surface area contributed by atoms with Gasteiger partial charge in [0, 0.05) is 0 Å². The molecule has 0 saturated heterocycles. The average Bonchev–Trinajstić information content (AvgIpc) is 2.35. The summed E-state index contributed by atoms with van der Waals surface area (Å²) in [5.74, 6) is 1.37. The number of rotatable bonds is 6. The molecule has 0 unspecified atom stereocenters. The van der Waals surface area contributed by atoms with Gasteiger partial charge in [-0.15, -0.1) is 0 Å². The highest BCUT2D eigenvalue weighted by Crippen LogP contribution is 2.28. The van der Waals surface area contributed by atoms with E-state index in [1.165, 1.54) is 0 Å². The lowest BCUT2D eigenvalue weighted by Gasteiger charge is -2.10. The molecule has 0 aliphatic rings. The number of methoxy groups -OCH3 is 2. The van der Waals surface area contributed by atoms with Crippen molar-refractivity contribution in [1.29, 1.82) is 0 Å². The third-order valence-corrected chi connectivity index (χ3v) is 2.42. The zero-order valence-corrected chi connectivity index (χ0v) is 9.64. The van der Waals surface area contributed by atoms with Gasteiger partial charge >= 0.3 is 0 Å². The maximum Gasteiger partial charge on any atom is 0.160 e. The van der Waals surface area contributed by atoms with Crippen LogP contribution in [0.5, 0.6) is 11.5 Å². The third-order valence-electron chi connectivity index (χ3n) is 2.42. The smallest absolute Gasteiger partial charge is 0.160 e. The van der Waals surface area contributed by atoms with Gasteiger partial charge in [0.25, 0.3) is 0 Å². The van der Waals surface area contributed by atoms with Gasteiger partial charge in [0.05, 0.1) is 26.9 Å². The Hall–Kier alpha value is -1.26. The summed E-state index contributed by atoms with van der Waals surface area (Å²) in [6, 6.07) is 5.63. The molecular weight excluding hydrogens is 208 g/mol. The first-order valence-corrected chi connectivity index (χ1v) is 5.21. The molecule has 0 radical (unpaired) electrons. The fourth-order valence-corrected chi connectivity index (χ4v) is 1.46. The maximum atomic E-state index is 9.24. The van der Waals surface area contributed by atoms with Crippen molar-refractivity contribution in [3.05, 3.63) is 23.8 Å². The van der Waals surface area contributed by atoms with E-state index in [4.69, 9.17) is 14.6 Å². The largest absolute Gasteiger partial charge is 0.493 e. The van der Waals surface area contributed by atoms with Crippen molar-refractivity contribution in [3.63, 3.8) is 0 Å². The number of aliphatic hydroxyl groups excluding tert-OH is 2. The van der Waals surface area contributed by atoms with Crippen LogP contribution in [0.25, 0.3) is 0 Å². The molecule has 2 N–H and O–H groups in total. The zero-order chi connectivity index (χ0) is 12.0. The lowest BCUT2D eigenvalue weighted by molar-refractivity contribution is 0.0885. The van der Waals surface area contributed by atoms with Gasteiger partial charge < -0.3 is 19.7 Å². The van der Waals surface area contributed by atoms with E-state index in [-0.39, 0.29) is 6.61 Å². The highest BCUT2D eigenvalue weighted by molar-refractivity contribution is 5.42. The van der Waals surface area contributed by atoms with Crippen LogP contribution in [0.2, 0.25) is 0 Å². The average molecular weight is 226 g/mol. The Morgan fingerprint density at radius 1 is 1.19 bits per heavy atom. The van der Waals surface area contributed by atoms with Gasteiger partial charge in [-0.3, -0.25) is 0 Å². The minimum absolute atomic E-state index is 0.201. The van der Waals surface area contributed by atoms with Crippen molar-refractivity contribution in [2.24, 2.45) is 0 Å². The van der Waals surface area contributed by atoms with Gasteiger partial charge in [-0.2, -0.15) is 0 Å². The molecule has 0 spiro atoms. The Morgan fingerprint density at radius 3 is 2.44 bits per heavy atom. The fraction of sp³-hybridized carbons (Fsp3) is 0.500. The fourth-order valence-electron chi connectivity index (χ4n) is 1.46. The predicted molar refractivity (Wildman–Crippen MR) is 61.0 cm³/mol. The molecule has 0 aliphatic heterocycles. The second kappa shape index (κ2) is 6.35. The number of aryl methyl sites for hydroxylation is 1. The summed E-state index contributed by atoms with van der Waals surface area (Å²) in [5.41, 5.74) is 1.05. The quantitative estimate of drug-likeness (QED) is 0.759. The summed E-state index contributed by atoms with van der Waals surface area (Å²) in [5, 5.41) is 17.9. The van der Waals surface area contributed by atoms with Crippen LogP contribution in [0, 0.1) is 0 Å². The van der Waals surface area contributed by atoms with Crippen LogP contribution in [0.15, 0.2) is 18.2 Å². The molecule has 1 aromatic carbocycles. The van der Waals surface area contributed by atoms with Gasteiger partial charge in [-0.1, -0.05) is 6.07 Å². The Kier molecular flexibility index (Phi) is 5.08. The van der Waals surface area contributed by atoms with E-state index in [2.05, 4.69) is 0 Å². The molecule has 0 amide bonds. The molecule has 0 bridgehead atoms. The van der Waals surface area contributed by atoms with Crippen LogP contribution in [0.3, 0.4) is 0 Å². The predicted octanol–water partition coefficient (Wildman–Crippen LogP) is 0.990. The van der Waals surface area contributed by atoms with E-state index >= 15 is 0 Å². The Balaban J connectivity index is 2.67. The molecule has 0 aliphatic carbocycles. The summed E-state index contributed by atoms with van der Waals surface area (Å²) in [6.07, 6.45) is 0.571. The molecule has 1 rings (SSSR count). The standard InChI is InChI=1S/C12H18O4/c1-15-11-6-4-9(7-12(11)16-2)3-5-10(14)8-13/h4,6-7,10,13-14H,3,5,8H2,1-2H3/t10-/m1/s1. The van der Waals surface area contributed by atoms with Crippen molar-refractivity contribution >= 4 is 0 Å². The van der Waals surface area contributed by atoms with Crippen LogP contribution in [0.4, 0.5) is 0 Å². The van der Waals surface area contributed by atoms with Gasteiger partial charge in [-0.05, 0) is 30.5 Å². The second-order valence-electron chi connectivity index (χ2n) is 3.56. The number of benzene rings is 1. The second-order valence-corrected chi connectivity index (χ2v) is 3.56. The molecule has 4 heteroatoms. The summed E-state index contributed by atoms with van der Waals surface area (Å²) < 4.78 is 10.3. The summed E-state index contributed by atoms with van der Waals surface area (Å²) in [4.78, 5) is 0. The highest BCUT2D eigenvalue weighted by Gasteiger charge is 2.06. The Labute approximate surface area is 95.4 Å². The highest BCUT2D eigenvalue weighted by atomic mass is 16.5. The van der Waals surface area contributed by atoms with Crippen molar-refractivity contribution in [3.8, 4) is 11.5 Å². The molecule has 4 nitrogen and oxygen atoms in total. The number of ether oxygens (including phenoxy) is 2. The van der Waals surface area contributed by atoms with E-state index in [1.807, 2.05) is 18.2 Å². The zero-order valence-electron chi connectivity index (χ0n) is 9.64. The lowest BCUT2D eigenvalue weighted by atomic mass is 10.1. The van der Waals surface area contributed by atoms with E-state index in [0.29, 0.717) is 24.3 Å². The first-order chi connectivity index (χ1) is 7.71. The molecule has 0 heterocycles. The maximum absolute atomic E-state index is 9.24. The number of hydrogen-bond acceptors (Lipinski definition) is 4. The summed E-state index contributed by atoms with van der Waals surface area (Å²) >= 11 is 0. The van der Waals surface area contributed by atoms with Crippen LogP contribution in [-0.2, 0) is 6.42 Å². The minimum atomic E-state index is -0.659. The first-order valence-electron chi connectivity index (χ1n) is 5.21. The van der Waals surface area contributed by atoms with E-state index in [0.717, 1.165) is 5.56 Å². The minimum Gasteiger partial charge on any atom is -0.493 e. The van der Waals surface area contributed by atoms with E-state index in [9.17, 15) is 5.11 Å². The van der Waals surface area contributed by atoms with Crippen LogP contribution in [0.1, 0.15) is 12.0 Å². The summed E-state index contributed by atoms with van der Waals surface area (Å²) in [7, 11) is 3.18. The van der Waals surface area contributed by atoms with Gasteiger partial charge in [0.2, 0.25) is 0 Å². The third kappa shape index (κ3) is 3.40. The van der Waals surface area contributed by atoms with Crippen molar-refractivity contribution in [1.82, 2.24) is 0 Å². The van der Waals surface area contributed by atoms with E-state index in [1.54, 1.807) is 14.2 Å². The van der Waals surface area contributed by atoms with Crippen LogP contribution < -0.4 is 9.47 Å². The SMILES string of the molecule is COc1ccc(CC[C@@H](O)CO)cc1OC. The van der Waals surface area contributed by atoms with Crippen LogP contribution in [-0.4, -0.2) is 37.1 Å². The van der Waals surface area contributed by atoms with Crippen LogP contribution >= 0.6 is 0 Å². The molecule has 1 aromatic rings. The molecule has 0 saturated carbocycles. The molecule has 0 fully saturated rings. The van der Waals surface area contributed by atoms with E-state index < -0.39 is 6.10 Å². The Morgan fingerprint density at radius 2 is 1.88 bits per heavy atom. The number of aliphatic hydroxyl groups is 2. The van der Waals surface area contributed by atoms with Crippen molar-refractivity contribution < 1.29 is 19.7 Å². The van der Waals surface area contributed by atoms with Gasteiger partial charge in [-0.25, -0.2) is 0 Å². The van der Waals surface area contributed by atoms with Crippen molar-refractivity contribution in [2.75, 3.05) is 20.8 Å². The Bertz CT molecular complexity index is 325. The lowest BCUT2D eigenvalue weighted by Crippen LogP contribution is -2.12. The molecular formula is C12H18O4. The monoisotopic (exact) mass is 226 g/mol.